The number of aryl methyl sites for hydroxylation is 1. The van der Waals surface area contributed by atoms with Crippen LogP contribution < -0.4 is 10.6 Å². The predicted octanol–water partition coefficient (Wildman–Crippen LogP) is 2.94. The molecule has 0 radical (unpaired) electrons. The van der Waals surface area contributed by atoms with E-state index in [1.807, 2.05) is 35.9 Å². The monoisotopic (exact) mass is 288 g/mol. The first-order valence-electron chi connectivity index (χ1n) is 6.82. The summed E-state index contributed by atoms with van der Waals surface area (Å²) in [5.41, 5.74) is 2.34. The lowest BCUT2D eigenvalue weighted by atomic mass is 10.2. The van der Waals surface area contributed by atoms with Crippen LogP contribution in [0.1, 0.15) is 24.6 Å². The average molecular weight is 288 g/mol. The lowest BCUT2D eigenvalue weighted by Crippen LogP contribution is -2.29. The van der Waals surface area contributed by atoms with E-state index in [4.69, 9.17) is 12.2 Å². The first-order chi connectivity index (χ1) is 9.69. The summed E-state index contributed by atoms with van der Waals surface area (Å²) >= 11 is 5.21. The molecule has 5 heteroatoms. The second-order valence-corrected chi connectivity index (χ2v) is 5.10. The van der Waals surface area contributed by atoms with Crippen LogP contribution in [-0.4, -0.2) is 21.4 Å². The van der Waals surface area contributed by atoms with Crippen LogP contribution in [0.2, 0.25) is 0 Å². The van der Waals surface area contributed by atoms with Crippen LogP contribution in [0.15, 0.2) is 36.4 Å². The molecule has 0 aliphatic carbocycles. The molecule has 0 unspecified atom stereocenters. The van der Waals surface area contributed by atoms with E-state index in [0.29, 0.717) is 5.11 Å². The van der Waals surface area contributed by atoms with Crippen molar-refractivity contribution in [3.05, 3.63) is 47.7 Å². The summed E-state index contributed by atoms with van der Waals surface area (Å²) in [6, 6.07) is 12.3. The van der Waals surface area contributed by atoms with Gasteiger partial charge in [0.2, 0.25) is 0 Å². The van der Waals surface area contributed by atoms with Gasteiger partial charge in [0.05, 0.1) is 6.54 Å². The molecule has 2 rings (SSSR count). The molecule has 1 aromatic heterocycles. The van der Waals surface area contributed by atoms with Crippen molar-refractivity contribution in [2.75, 3.05) is 11.9 Å². The van der Waals surface area contributed by atoms with E-state index in [1.165, 1.54) is 5.56 Å². The van der Waals surface area contributed by atoms with Gasteiger partial charge in [-0.1, -0.05) is 37.3 Å². The Kier molecular flexibility index (Phi) is 5.12. The normalized spacial score (nSPS) is 10.3. The highest BCUT2D eigenvalue weighted by molar-refractivity contribution is 7.80. The van der Waals surface area contributed by atoms with E-state index >= 15 is 0 Å². The first-order valence-corrected chi connectivity index (χ1v) is 7.23. The molecule has 2 N–H and O–H groups in total. The van der Waals surface area contributed by atoms with Crippen LogP contribution in [0.3, 0.4) is 0 Å². The molecule has 2 aromatic rings. The molecule has 0 aliphatic heterocycles. The summed E-state index contributed by atoms with van der Waals surface area (Å²) in [6.07, 6.45) is 1.04. The molecule has 1 heterocycles. The molecular weight excluding hydrogens is 268 g/mol. The molecule has 4 nitrogen and oxygen atoms in total. The van der Waals surface area contributed by atoms with Crippen molar-refractivity contribution < 1.29 is 0 Å². The van der Waals surface area contributed by atoms with Crippen LogP contribution in [0.5, 0.6) is 0 Å². The van der Waals surface area contributed by atoms with Crippen LogP contribution >= 0.6 is 12.2 Å². The number of hydrogen-bond acceptors (Lipinski definition) is 2. The third-order valence-electron chi connectivity index (χ3n) is 2.93. The predicted molar refractivity (Wildman–Crippen MR) is 87.0 cm³/mol. The van der Waals surface area contributed by atoms with E-state index in [0.717, 1.165) is 31.0 Å². The number of nitrogens with one attached hydrogen (secondary N) is 2. The Labute approximate surface area is 125 Å². The van der Waals surface area contributed by atoms with Crippen molar-refractivity contribution in [1.82, 2.24) is 15.1 Å². The molecule has 0 aliphatic rings. The Morgan fingerprint density at radius 2 is 2.05 bits per heavy atom. The van der Waals surface area contributed by atoms with Crippen molar-refractivity contribution in [3.63, 3.8) is 0 Å². The summed E-state index contributed by atoms with van der Waals surface area (Å²) in [6.45, 7) is 5.79. The molecular formula is C15H20N4S. The molecule has 0 atom stereocenters. The number of thiocarbonyl (C=S) groups is 1. The SMILES string of the molecule is CCCNC(=S)Nc1cc(C)n(Cc2ccccc2)n1. The number of rotatable bonds is 5. The van der Waals surface area contributed by atoms with Crippen LogP contribution in [0, 0.1) is 6.92 Å². The second kappa shape index (κ2) is 7.05. The summed E-state index contributed by atoms with van der Waals surface area (Å²) in [7, 11) is 0. The van der Waals surface area contributed by atoms with Gasteiger partial charge in [-0.3, -0.25) is 4.68 Å². The summed E-state index contributed by atoms with van der Waals surface area (Å²) in [4.78, 5) is 0. The van der Waals surface area contributed by atoms with Gasteiger partial charge in [-0.05, 0) is 31.1 Å². The lowest BCUT2D eigenvalue weighted by molar-refractivity contribution is 0.668. The smallest absolute Gasteiger partial charge is 0.171 e. The largest absolute Gasteiger partial charge is 0.362 e. The molecule has 20 heavy (non-hydrogen) atoms. The van der Waals surface area contributed by atoms with Gasteiger partial charge in [-0.15, -0.1) is 0 Å². The zero-order valence-corrected chi connectivity index (χ0v) is 12.7. The highest BCUT2D eigenvalue weighted by atomic mass is 32.1. The number of benzene rings is 1. The maximum atomic E-state index is 5.21. The molecule has 0 bridgehead atoms. The van der Waals surface area contributed by atoms with Crippen LogP contribution in [-0.2, 0) is 6.54 Å². The van der Waals surface area contributed by atoms with Crippen molar-refractivity contribution in [3.8, 4) is 0 Å². The van der Waals surface area contributed by atoms with Gasteiger partial charge in [0.25, 0.3) is 0 Å². The molecule has 0 fully saturated rings. The molecule has 0 saturated carbocycles. The van der Waals surface area contributed by atoms with Gasteiger partial charge in [0.1, 0.15) is 0 Å². The van der Waals surface area contributed by atoms with Gasteiger partial charge >= 0.3 is 0 Å². The van der Waals surface area contributed by atoms with Crippen molar-refractivity contribution in [2.24, 2.45) is 0 Å². The molecule has 0 spiro atoms. The zero-order chi connectivity index (χ0) is 14.4. The number of anilines is 1. The summed E-state index contributed by atoms with van der Waals surface area (Å²) < 4.78 is 1.97. The molecule has 0 amide bonds. The fraction of sp³-hybridized carbons (Fsp3) is 0.333. The number of nitrogens with zero attached hydrogens (tertiary/aromatic N) is 2. The topological polar surface area (TPSA) is 41.9 Å². The Hall–Kier alpha value is -1.88. The van der Waals surface area contributed by atoms with E-state index < -0.39 is 0 Å². The average Bonchev–Trinajstić information content (AvgIpc) is 2.77. The third kappa shape index (κ3) is 4.06. The summed E-state index contributed by atoms with van der Waals surface area (Å²) in [5, 5.41) is 11.4. The van der Waals surface area contributed by atoms with E-state index in [2.05, 4.69) is 34.8 Å². The standard InChI is InChI=1S/C15H20N4S/c1-3-9-16-15(20)17-14-10-12(2)19(18-14)11-13-7-5-4-6-8-13/h4-8,10H,3,9,11H2,1-2H3,(H2,16,17,18,20). The van der Waals surface area contributed by atoms with E-state index in [1.54, 1.807) is 0 Å². The van der Waals surface area contributed by atoms with Gasteiger partial charge < -0.3 is 10.6 Å². The molecule has 0 saturated heterocycles. The zero-order valence-electron chi connectivity index (χ0n) is 11.9. The Bertz CT molecular complexity index is 563. The highest BCUT2D eigenvalue weighted by Crippen LogP contribution is 2.11. The molecule has 1 aromatic carbocycles. The molecule has 106 valence electrons. The van der Waals surface area contributed by atoms with Crippen LogP contribution in [0.25, 0.3) is 0 Å². The Balaban J connectivity index is 2.00. The van der Waals surface area contributed by atoms with Crippen molar-refractivity contribution in [2.45, 2.75) is 26.8 Å². The fourth-order valence-electron chi connectivity index (χ4n) is 1.89. The fourth-order valence-corrected chi connectivity index (χ4v) is 2.09. The Morgan fingerprint density at radius 3 is 2.75 bits per heavy atom. The third-order valence-corrected chi connectivity index (χ3v) is 3.18. The quantitative estimate of drug-likeness (QED) is 0.830. The lowest BCUT2D eigenvalue weighted by Gasteiger charge is -2.07. The maximum absolute atomic E-state index is 5.21. The van der Waals surface area contributed by atoms with Crippen molar-refractivity contribution >= 4 is 23.1 Å². The van der Waals surface area contributed by atoms with Gasteiger partial charge in [-0.25, -0.2) is 0 Å². The maximum Gasteiger partial charge on any atom is 0.171 e. The first kappa shape index (κ1) is 14.5. The summed E-state index contributed by atoms with van der Waals surface area (Å²) in [5.74, 6) is 0.784. The highest BCUT2D eigenvalue weighted by Gasteiger charge is 2.06. The van der Waals surface area contributed by atoms with Gasteiger partial charge in [-0.2, -0.15) is 5.10 Å². The van der Waals surface area contributed by atoms with E-state index in [9.17, 15) is 0 Å². The second-order valence-electron chi connectivity index (χ2n) is 4.70. The minimum atomic E-state index is 0.621. The van der Waals surface area contributed by atoms with Gasteiger partial charge in [0, 0.05) is 18.3 Å². The Morgan fingerprint density at radius 1 is 1.30 bits per heavy atom. The minimum absolute atomic E-state index is 0.621. The van der Waals surface area contributed by atoms with Gasteiger partial charge in [0.15, 0.2) is 10.9 Å². The minimum Gasteiger partial charge on any atom is -0.362 e. The van der Waals surface area contributed by atoms with Crippen LogP contribution in [0.4, 0.5) is 5.82 Å². The van der Waals surface area contributed by atoms with Crippen molar-refractivity contribution in [1.29, 1.82) is 0 Å². The van der Waals surface area contributed by atoms with E-state index in [-0.39, 0.29) is 0 Å². The number of aromatic nitrogens is 2. The number of hydrogen-bond donors (Lipinski definition) is 2.